The minimum Gasteiger partial charge on any atom is -0.467 e. The molecule has 30 heavy (non-hydrogen) atoms. The van der Waals surface area contributed by atoms with Crippen molar-refractivity contribution >= 4 is 29.0 Å². The first kappa shape index (κ1) is 20.4. The minimum absolute atomic E-state index is 0.0298. The molecule has 0 aliphatic rings. The summed E-state index contributed by atoms with van der Waals surface area (Å²) in [5.41, 5.74) is 3.33. The normalized spacial score (nSPS) is 11.0. The lowest BCUT2D eigenvalue weighted by molar-refractivity contribution is -0.118. The van der Waals surface area contributed by atoms with Gasteiger partial charge in [-0.3, -0.25) is 9.36 Å². The molecule has 6 nitrogen and oxygen atoms in total. The van der Waals surface area contributed by atoms with Crippen molar-refractivity contribution in [3.8, 4) is 11.4 Å². The number of thioether (sulfide) groups is 1. The summed E-state index contributed by atoms with van der Waals surface area (Å²) in [6, 6.07) is 13.9. The van der Waals surface area contributed by atoms with E-state index in [1.54, 1.807) is 17.6 Å². The third-order valence-corrected chi connectivity index (χ3v) is 6.73. The molecule has 154 valence electrons. The molecule has 4 rings (SSSR count). The van der Waals surface area contributed by atoms with Crippen LogP contribution in [0.2, 0.25) is 0 Å². The zero-order valence-corrected chi connectivity index (χ0v) is 18.4. The molecular weight excluding hydrogens is 416 g/mol. The van der Waals surface area contributed by atoms with Crippen molar-refractivity contribution in [1.82, 2.24) is 20.1 Å². The first-order chi connectivity index (χ1) is 14.6. The second-order valence-electron chi connectivity index (χ2n) is 6.88. The Kier molecular flexibility index (Phi) is 6.35. The van der Waals surface area contributed by atoms with E-state index in [2.05, 4.69) is 28.5 Å². The Balaban J connectivity index is 1.50. The summed E-state index contributed by atoms with van der Waals surface area (Å²) in [5.74, 6) is 1.82. The van der Waals surface area contributed by atoms with E-state index in [-0.39, 0.29) is 11.7 Å². The number of hydrogen-bond donors (Lipinski definition) is 1. The van der Waals surface area contributed by atoms with Crippen molar-refractivity contribution in [1.29, 1.82) is 0 Å². The van der Waals surface area contributed by atoms with Gasteiger partial charge in [-0.1, -0.05) is 36.0 Å². The van der Waals surface area contributed by atoms with Crippen molar-refractivity contribution in [2.75, 3.05) is 5.75 Å². The van der Waals surface area contributed by atoms with Crippen LogP contribution in [-0.4, -0.2) is 26.4 Å². The lowest BCUT2D eigenvalue weighted by Crippen LogP contribution is -2.24. The summed E-state index contributed by atoms with van der Waals surface area (Å²) < 4.78 is 7.54. The average molecular weight is 439 g/mol. The fourth-order valence-electron chi connectivity index (χ4n) is 3.06. The molecule has 8 heteroatoms. The SMILES string of the molecule is Cc1ccccc1-c1nnc(SCC(=O)NCc2sccc2C)n1Cc1ccco1. The second kappa shape index (κ2) is 9.32. The number of carbonyl (C=O) groups is 1. The molecule has 3 aromatic heterocycles. The Bertz CT molecular complexity index is 1130. The number of benzene rings is 1. The van der Waals surface area contributed by atoms with E-state index < -0.39 is 0 Å². The number of aryl methyl sites for hydroxylation is 2. The van der Waals surface area contributed by atoms with Crippen LogP contribution in [0.3, 0.4) is 0 Å². The van der Waals surface area contributed by atoms with Gasteiger partial charge in [-0.15, -0.1) is 21.5 Å². The quantitative estimate of drug-likeness (QED) is 0.405. The summed E-state index contributed by atoms with van der Waals surface area (Å²) in [4.78, 5) is 13.6. The van der Waals surface area contributed by atoms with E-state index in [1.807, 2.05) is 53.3 Å². The van der Waals surface area contributed by atoms with Crippen molar-refractivity contribution in [2.45, 2.75) is 32.1 Å². The van der Waals surface area contributed by atoms with Crippen molar-refractivity contribution in [3.05, 3.63) is 75.9 Å². The molecule has 0 saturated heterocycles. The summed E-state index contributed by atoms with van der Waals surface area (Å²) in [7, 11) is 0. The molecule has 0 unspecified atom stereocenters. The van der Waals surface area contributed by atoms with Crippen LogP contribution in [-0.2, 0) is 17.9 Å². The van der Waals surface area contributed by atoms with Gasteiger partial charge < -0.3 is 9.73 Å². The molecule has 0 fully saturated rings. The van der Waals surface area contributed by atoms with Gasteiger partial charge in [-0.05, 0) is 48.6 Å². The van der Waals surface area contributed by atoms with E-state index in [0.29, 0.717) is 18.2 Å². The maximum Gasteiger partial charge on any atom is 0.230 e. The van der Waals surface area contributed by atoms with Crippen molar-refractivity contribution in [3.63, 3.8) is 0 Å². The first-order valence-corrected chi connectivity index (χ1v) is 11.4. The first-order valence-electron chi connectivity index (χ1n) is 9.56. The standard InChI is InChI=1S/C22H22N4O2S2/c1-15-6-3-4-8-18(15)21-24-25-22(26(21)13-17-7-5-10-28-17)30-14-20(27)23-12-19-16(2)9-11-29-19/h3-11H,12-14H2,1-2H3,(H,23,27). The van der Waals surface area contributed by atoms with Crippen LogP contribution >= 0.6 is 23.1 Å². The van der Waals surface area contributed by atoms with Gasteiger partial charge in [-0.2, -0.15) is 0 Å². The van der Waals surface area contributed by atoms with E-state index in [4.69, 9.17) is 4.42 Å². The molecule has 0 aliphatic heterocycles. The molecule has 0 spiro atoms. The number of nitrogens with zero attached hydrogens (tertiary/aromatic N) is 3. The number of carbonyl (C=O) groups excluding carboxylic acids is 1. The van der Waals surface area contributed by atoms with Crippen LogP contribution in [0.5, 0.6) is 0 Å². The van der Waals surface area contributed by atoms with E-state index in [0.717, 1.165) is 22.7 Å². The number of amides is 1. The smallest absolute Gasteiger partial charge is 0.230 e. The molecule has 0 saturated carbocycles. The largest absolute Gasteiger partial charge is 0.467 e. The highest BCUT2D eigenvalue weighted by atomic mass is 32.2. The minimum atomic E-state index is -0.0298. The lowest BCUT2D eigenvalue weighted by Gasteiger charge is -2.10. The number of thiophene rings is 1. The van der Waals surface area contributed by atoms with Gasteiger partial charge in [-0.25, -0.2) is 0 Å². The average Bonchev–Trinajstić information content (AvgIpc) is 3.48. The predicted octanol–water partition coefficient (Wildman–Crippen LogP) is 4.67. The van der Waals surface area contributed by atoms with Crippen LogP contribution < -0.4 is 5.32 Å². The molecule has 0 radical (unpaired) electrons. The fraction of sp³-hybridized carbons (Fsp3) is 0.227. The van der Waals surface area contributed by atoms with Gasteiger partial charge in [0, 0.05) is 10.4 Å². The van der Waals surface area contributed by atoms with Gasteiger partial charge in [0.25, 0.3) is 0 Å². The number of aromatic nitrogens is 3. The zero-order valence-electron chi connectivity index (χ0n) is 16.8. The molecule has 4 aromatic rings. The van der Waals surface area contributed by atoms with Gasteiger partial charge >= 0.3 is 0 Å². The summed E-state index contributed by atoms with van der Waals surface area (Å²) >= 11 is 3.03. The molecule has 1 amide bonds. The Morgan fingerprint density at radius 1 is 1.13 bits per heavy atom. The maximum absolute atomic E-state index is 12.4. The predicted molar refractivity (Wildman–Crippen MR) is 120 cm³/mol. The van der Waals surface area contributed by atoms with Gasteiger partial charge in [0.2, 0.25) is 5.91 Å². The molecule has 1 N–H and O–H groups in total. The third-order valence-electron chi connectivity index (χ3n) is 4.74. The molecule has 3 heterocycles. The molecule has 0 bridgehead atoms. The van der Waals surface area contributed by atoms with Crippen LogP contribution in [0.1, 0.15) is 21.8 Å². The second-order valence-corrected chi connectivity index (χ2v) is 8.82. The summed E-state index contributed by atoms with van der Waals surface area (Å²) in [6.45, 7) is 5.16. The van der Waals surface area contributed by atoms with Gasteiger partial charge in [0.15, 0.2) is 11.0 Å². The number of hydrogen-bond acceptors (Lipinski definition) is 6. The fourth-order valence-corrected chi connectivity index (χ4v) is 4.68. The number of rotatable bonds is 8. The van der Waals surface area contributed by atoms with Crippen LogP contribution in [0.15, 0.2) is 63.7 Å². The van der Waals surface area contributed by atoms with Crippen LogP contribution in [0.4, 0.5) is 0 Å². The van der Waals surface area contributed by atoms with Crippen molar-refractivity contribution < 1.29 is 9.21 Å². The van der Waals surface area contributed by atoms with Gasteiger partial charge in [0.05, 0.1) is 25.1 Å². The summed E-state index contributed by atoms with van der Waals surface area (Å²) in [5, 5.41) is 14.5. The van der Waals surface area contributed by atoms with Crippen molar-refractivity contribution in [2.24, 2.45) is 0 Å². The molecule has 0 atom stereocenters. The summed E-state index contributed by atoms with van der Waals surface area (Å²) in [6.07, 6.45) is 1.65. The highest BCUT2D eigenvalue weighted by Crippen LogP contribution is 2.27. The third kappa shape index (κ3) is 4.66. The molecule has 0 aliphatic carbocycles. The topological polar surface area (TPSA) is 73.0 Å². The Labute approximate surface area is 183 Å². The Morgan fingerprint density at radius 2 is 2.00 bits per heavy atom. The maximum atomic E-state index is 12.4. The van der Waals surface area contributed by atoms with E-state index in [1.165, 1.54) is 22.2 Å². The van der Waals surface area contributed by atoms with E-state index >= 15 is 0 Å². The molecular formula is C22H22N4O2S2. The number of furan rings is 1. The Hall–Kier alpha value is -2.84. The lowest BCUT2D eigenvalue weighted by atomic mass is 10.1. The Morgan fingerprint density at radius 3 is 2.73 bits per heavy atom. The monoisotopic (exact) mass is 438 g/mol. The highest BCUT2D eigenvalue weighted by Gasteiger charge is 2.18. The van der Waals surface area contributed by atoms with Gasteiger partial charge in [0.1, 0.15) is 5.76 Å². The number of nitrogens with one attached hydrogen (secondary N) is 1. The molecule has 1 aromatic carbocycles. The zero-order chi connectivity index (χ0) is 20.9. The van der Waals surface area contributed by atoms with Crippen LogP contribution in [0, 0.1) is 13.8 Å². The highest BCUT2D eigenvalue weighted by molar-refractivity contribution is 7.99. The van der Waals surface area contributed by atoms with Crippen LogP contribution in [0.25, 0.3) is 11.4 Å². The van der Waals surface area contributed by atoms with E-state index in [9.17, 15) is 4.79 Å².